The summed E-state index contributed by atoms with van der Waals surface area (Å²) in [4.78, 5) is 29.7. The Morgan fingerprint density at radius 1 is 1.03 bits per heavy atom. The number of nitrogens with one attached hydrogen (secondary N) is 1. The molecule has 2 amide bonds. The molecular weight excluding hydrogens is 410 g/mol. The molecule has 0 radical (unpaired) electrons. The summed E-state index contributed by atoms with van der Waals surface area (Å²) < 4.78 is 16.6. The van der Waals surface area contributed by atoms with Crippen molar-refractivity contribution in [1.29, 1.82) is 0 Å². The van der Waals surface area contributed by atoms with E-state index in [4.69, 9.17) is 14.2 Å². The van der Waals surface area contributed by atoms with Gasteiger partial charge in [0, 0.05) is 37.0 Å². The molecular formula is C24H29N3O5. The summed E-state index contributed by atoms with van der Waals surface area (Å²) in [6.45, 7) is 1.93. The van der Waals surface area contributed by atoms with Crippen LogP contribution in [0.5, 0.6) is 17.2 Å². The van der Waals surface area contributed by atoms with E-state index in [9.17, 15) is 9.59 Å². The first-order valence-corrected chi connectivity index (χ1v) is 10.9. The second kappa shape index (κ2) is 9.80. The summed E-state index contributed by atoms with van der Waals surface area (Å²) in [5.74, 6) is 1.57. The van der Waals surface area contributed by atoms with Crippen molar-refractivity contribution in [1.82, 2.24) is 4.90 Å². The Kier molecular flexibility index (Phi) is 6.68. The Morgan fingerprint density at radius 2 is 1.72 bits per heavy atom. The number of piperidine rings is 1. The Hall–Kier alpha value is -3.42. The summed E-state index contributed by atoms with van der Waals surface area (Å²) >= 11 is 0. The van der Waals surface area contributed by atoms with Crippen LogP contribution in [0.2, 0.25) is 0 Å². The minimum Gasteiger partial charge on any atom is -0.497 e. The number of methoxy groups -OCH3 is 2. The number of hydrogen-bond acceptors (Lipinski definition) is 6. The Bertz CT molecular complexity index is 952. The maximum absolute atomic E-state index is 13.1. The van der Waals surface area contributed by atoms with Crippen LogP contribution in [0.15, 0.2) is 42.5 Å². The lowest BCUT2D eigenvalue weighted by molar-refractivity contribution is -0.139. The largest absolute Gasteiger partial charge is 0.497 e. The van der Waals surface area contributed by atoms with Crippen molar-refractivity contribution in [3.63, 3.8) is 0 Å². The molecule has 0 bridgehead atoms. The number of nitrogens with zero attached hydrogens (tertiary/aromatic N) is 2. The molecule has 0 unspecified atom stereocenters. The van der Waals surface area contributed by atoms with Crippen LogP contribution in [0.1, 0.15) is 19.3 Å². The molecule has 32 heavy (non-hydrogen) atoms. The monoisotopic (exact) mass is 439 g/mol. The van der Waals surface area contributed by atoms with Gasteiger partial charge in [-0.25, -0.2) is 0 Å². The third kappa shape index (κ3) is 4.90. The highest BCUT2D eigenvalue weighted by Crippen LogP contribution is 2.34. The highest BCUT2D eigenvalue weighted by molar-refractivity contribution is 5.95. The zero-order chi connectivity index (χ0) is 22.5. The highest BCUT2D eigenvalue weighted by Gasteiger charge is 2.34. The first-order valence-electron chi connectivity index (χ1n) is 10.9. The first kappa shape index (κ1) is 21.8. The normalized spacial score (nSPS) is 17.8. The van der Waals surface area contributed by atoms with Crippen molar-refractivity contribution >= 4 is 23.2 Å². The van der Waals surface area contributed by atoms with Crippen molar-refractivity contribution in [2.45, 2.75) is 25.4 Å². The van der Waals surface area contributed by atoms with E-state index in [0.717, 1.165) is 38.0 Å². The molecule has 8 nitrogen and oxygen atoms in total. The molecule has 1 atom stereocenters. The zero-order valence-electron chi connectivity index (χ0n) is 18.5. The summed E-state index contributed by atoms with van der Waals surface area (Å²) in [7, 11) is 3.12. The van der Waals surface area contributed by atoms with Gasteiger partial charge in [0.1, 0.15) is 17.2 Å². The molecule has 2 aromatic carbocycles. The average Bonchev–Trinajstić information content (AvgIpc) is 2.83. The van der Waals surface area contributed by atoms with E-state index in [2.05, 4.69) is 5.32 Å². The van der Waals surface area contributed by atoms with Crippen molar-refractivity contribution in [2.24, 2.45) is 0 Å². The zero-order valence-corrected chi connectivity index (χ0v) is 18.5. The third-order valence-electron chi connectivity index (χ3n) is 5.77. The second-order valence-corrected chi connectivity index (χ2v) is 7.99. The lowest BCUT2D eigenvalue weighted by Crippen LogP contribution is -2.52. The van der Waals surface area contributed by atoms with Gasteiger partial charge in [-0.1, -0.05) is 12.1 Å². The quantitative estimate of drug-likeness (QED) is 0.746. The summed E-state index contributed by atoms with van der Waals surface area (Å²) in [6.07, 6.45) is 2.56. The van der Waals surface area contributed by atoms with E-state index in [1.165, 1.54) is 0 Å². The number of carbonyl (C=O) groups excluding carboxylic acids is 2. The Labute approximate surface area is 188 Å². The number of carbonyl (C=O) groups is 2. The molecule has 2 aliphatic rings. The maximum Gasteiger partial charge on any atom is 0.265 e. The van der Waals surface area contributed by atoms with E-state index in [0.29, 0.717) is 29.5 Å². The van der Waals surface area contributed by atoms with Gasteiger partial charge in [-0.05, 0) is 31.4 Å². The molecule has 2 aliphatic heterocycles. The van der Waals surface area contributed by atoms with Crippen molar-refractivity contribution in [3.8, 4) is 17.2 Å². The SMILES string of the molecule is COc1cc(NC(=O)CN2C[C@@H](C(=O)N3CCCCC3)Oc3ccccc32)cc(OC)c1. The topological polar surface area (TPSA) is 80.3 Å². The lowest BCUT2D eigenvalue weighted by Gasteiger charge is -2.38. The van der Waals surface area contributed by atoms with Crippen LogP contribution < -0.4 is 24.4 Å². The van der Waals surface area contributed by atoms with Crippen molar-refractivity contribution < 1.29 is 23.8 Å². The predicted octanol–water partition coefficient (Wildman–Crippen LogP) is 2.92. The number of anilines is 2. The number of para-hydroxylation sites is 2. The molecule has 1 N–H and O–H groups in total. The minimum atomic E-state index is -0.632. The molecule has 8 heteroatoms. The van der Waals surface area contributed by atoms with Crippen molar-refractivity contribution in [3.05, 3.63) is 42.5 Å². The first-order chi connectivity index (χ1) is 15.6. The van der Waals surface area contributed by atoms with E-state index < -0.39 is 6.10 Å². The van der Waals surface area contributed by atoms with Crippen LogP contribution >= 0.6 is 0 Å². The predicted molar refractivity (Wildman–Crippen MR) is 122 cm³/mol. The fourth-order valence-corrected chi connectivity index (χ4v) is 4.16. The van der Waals surface area contributed by atoms with Gasteiger partial charge in [-0.3, -0.25) is 9.59 Å². The number of hydrogen-bond donors (Lipinski definition) is 1. The smallest absolute Gasteiger partial charge is 0.265 e. The van der Waals surface area contributed by atoms with Crippen LogP contribution in [0, 0.1) is 0 Å². The summed E-state index contributed by atoms with van der Waals surface area (Å²) in [6, 6.07) is 12.7. The number of ether oxygens (including phenoxy) is 3. The summed E-state index contributed by atoms with van der Waals surface area (Å²) in [5.41, 5.74) is 1.38. The van der Waals surface area contributed by atoms with E-state index in [1.54, 1.807) is 32.4 Å². The van der Waals surface area contributed by atoms with Crippen LogP contribution in [0.3, 0.4) is 0 Å². The van der Waals surface area contributed by atoms with Gasteiger partial charge >= 0.3 is 0 Å². The number of fused-ring (bicyclic) bond motifs is 1. The molecule has 170 valence electrons. The van der Waals surface area contributed by atoms with Gasteiger partial charge in [-0.2, -0.15) is 0 Å². The van der Waals surface area contributed by atoms with E-state index in [1.807, 2.05) is 34.1 Å². The second-order valence-electron chi connectivity index (χ2n) is 7.99. The molecule has 0 aromatic heterocycles. The van der Waals surface area contributed by atoms with Crippen molar-refractivity contribution in [2.75, 3.05) is 50.6 Å². The van der Waals surface area contributed by atoms with Gasteiger partial charge in [0.05, 0.1) is 33.0 Å². The fourth-order valence-electron chi connectivity index (χ4n) is 4.16. The van der Waals surface area contributed by atoms with Gasteiger partial charge in [-0.15, -0.1) is 0 Å². The number of benzene rings is 2. The number of rotatable bonds is 6. The number of likely N-dealkylation sites (tertiary alicyclic amines) is 1. The Morgan fingerprint density at radius 3 is 2.41 bits per heavy atom. The molecule has 0 saturated carbocycles. The minimum absolute atomic E-state index is 0.0119. The van der Waals surface area contributed by atoms with Gasteiger partial charge < -0.3 is 29.3 Å². The van der Waals surface area contributed by atoms with Gasteiger partial charge in [0.15, 0.2) is 6.10 Å². The highest BCUT2D eigenvalue weighted by atomic mass is 16.5. The molecule has 2 aromatic rings. The fraction of sp³-hybridized carbons (Fsp3) is 0.417. The van der Waals surface area contributed by atoms with Crippen LogP contribution in [0.4, 0.5) is 11.4 Å². The van der Waals surface area contributed by atoms with Crippen LogP contribution in [-0.4, -0.2) is 63.2 Å². The molecule has 4 rings (SSSR count). The van der Waals surface area contributed by atoms with Crippen LogP contribution in [-0.2, 0) is 9.59 Å². The molecule has 0 spiro atoms. The molecule has 1 fully saturated rings. The average molecular weight is 440 g/mol. The van der Waals surface area contributed by atoms with Crippen LogP contribution in [0.25, 0.3) is 0 Å². The van der Waals surface area contributed by atoms with Gasteiger partial charge in [0.2, 0.25) is 5.91 Å². The van der Waals surface area contributed by atoms with Gasteiger partial charge in [0.25, 0.3) is 5.91 Å². The third-order valence-corrected chi connectivity index (χ3v) is 5.77. The standard InChI is InChI=1S/C24H29N3O5/c1-30-18-12-17(13-19(14-18)31-2)25-23(28)16-27-15-22(24(29)26-10-6-3-7-11-26)32-21-9-5-4-8-20(21)27/h4-5,8-9,12-14,22H,3,6-7,10-11,15-16H2,1-2H3,(H,25,28)/t22-/m0/s1. The molecule has 0 aliphatic carbocycles. The summed E-state index contributed by atoms with van der Waals surface area (Å²) in [5, 5.41) is 2.90. The van der Waals surface area contributed by atoms with E-state index >= 15 is 0 Å². The lowest BCUT2D eigenvalue weighted by atomic mass is 10.1. The molecule has 1 saturated heterocycles. The van der Waals surface area contributed by atoms with E-state index in [-0.39, 0.29) is 18.4 Å². The number of amides is 2. The Balaban J connectivity index is 1.49. The molecule has 2 heterocycles. The maximum atomic E-state index is 13.1.